The van der Waals surface area contributed by atoms with E-state index in [2.05, 4.69) is 10.3 Å². The maximum atomic E-state index is 12.4. The monoisotopic (exact) mass is 303 g/mol. The van der Waals surface area contributed by atoms with Crippen molar-refractivity contribution < 1.29 is 4.79 Å². The Labute approximate surface area is 129 Å². The van der Waals surface area contributed by atoms with Gasteiger partial charge in [0.25, 0.3) is 5.91 Å². The summed E-state index contributed by atoms with van der Waals surface area (Å²) in [5.74, 6) is 0.644. The number of carbonyl (C=O) groups is 1. The maximum Gasteiger partial charge on any atom is 0.254 e. The second-order valence-electron chi connectivity index (χ2n) is 4.71. The number of hydrogen-bond acceptors (Lipinski definition) is 3. The van der Waals surface area contributed by atoms with Gasteiger partial charge in [-0.3, -0.25) is 4.79 Å². The van der Waals surface area contributed by atoms with E-state index in [1.165, 1.54) is 0 Å². The topological polar surface area (TPSA) is 45.2 Å². The van der Waals surface area contributed by atoms with E-state index in [-0.39, 0.29) is 5.91 Å². The van der Waals surface area contributed by atoms with Gasteiger partial charge in [-0.15, -0.1) is 0 Å². The van der Waals surface area contributed by atoms with Crippen LogP contribution in [0.5, 0.6) is 0 Å². The number of anilines is 1. The van der Waals surface area contributed by atoms with Crippen LogP contribution in [0.1, 0.15) is 22.8 Å². The molecule has 0 atom stereocenters. The molecule has 1 aromatic carbocycles. The predicted octanol–water partition coefficient (Wildman–Crippen LogP) is 3.44. The van der Waals surface area contributed by atoms with Crippen LogP contribution < -0.4 is 5.32 Å². The molecule has 1 amide bonds. The van der Waals surface area contributed by atoms with E-state index >= 15 is 0 Å². The van der Waals surface area contributed by atoms with Crippen molar-refractivity contribution in [1.82, 2.24) is 9.88 Å². The number of hydrogen-bond donors (Lipinski definition) is 1. The molecular formula is C16H18ClN3O. The summed E-state index contributed by atoms with van der Waals surface area (Å²) in [7, 11) is 1.76. The van der Waals surface area contributed by atoms with Crippen LogP contribution in [-0.4, -0.2) is 29.4 Å². The molecule has 0 aliphatic carbocycles. The van der Waals surface area contributed by atoms with E-state index in [1.807, 2.05) is 31.2 Å². The van der Waals surface area contributed by atoms with Crippen molar-refractivity contribution in [2.75, 3.05) is 18.9 Å². The van der Waals surface area contributed by atoms with Crippen LogP contribution in [0, 0.1) is 0 Å². The van der Waals surface area contributed by atoms with Crippen LogP contribution in [0.3, 0.4) is 0 Å². The smallest absolute Gasteiger partial charge is 0.254 e. The van der Waals surface area contributed by atoms with Gasteiger partial charge in [-0.1, -0.05) is 29.8 Å². The van der Waals surface area contributed by atoms with Crippen LogP contribution in [0.25, 0.3) is 0 Å². The van der Waals surface area contributed by atoms with Gasteiger partial charge in [0.2, 0.25) is 0 Å². The minimum atomic E-state index is -0.0588. The molecule has 1 N–H and O–H groups in total. The van der Waals surface area contributed by atoms with Crippen molar-refractivity contribution in [3.05, 3.63) is 58.7 Å². The number of amides is 1. The highest BCUT2D eigenvalue weighted by Crippen LogP contribution is 2.18. The zero-order chi connectivity index (χ0) is 15.2. The molecule has 1 heterocycles. The molecule has 110 valence electrons. The second kappa shape index (κ2) is 7.09. The summed E-state index contributed by atoms with van der Waals surface area (Å²) < 4.78 is 0. The molecule has 0 unspecified atom stereocenters. The molecule has 2 rings (SSSR count). The summed E-state index contributed by atoms with van der Waals surface area (Å²) in [5.41, 5.74) is 1.53. The molecule has 5 heteroatoms. The molecule has 2 aromatic rings. The number of pyridine rings is 1. The highest BCUT2D eigenvalue weighted by atomic mass is 35.5. The third-order valence-electron chi connectivity index (χ3n) is 3.08. The van der Waals surface area contributed by atoms with Gasteiger partial charge in [-0.2, -0.15) is 0 Å². The molecule has 21 heavy (non-hydrogen) atoms. The Morgan fingerprint density at radius 2 is 2.10 bits per heavy atom. The predicted molar refractivity (Wildman–Crippen MR) is 85.7 cm³/mol. The minimum Gasteiger partial charge on any atom is -0.370 e. The zero-order valence-corrected chi connectivity index (χ0v) is 12.9. The lowest BCUT2D eigenvalue weighted by Gasteiger charge is -2.18. The average molecular weight is 304 g/mol. The first-order valence-corrected chi connectivity index (χ1v) is 7.18. The van der Waals surface area contributed by atoms with Gasteiger partial charge >= 0.3 is 0 Å². The Bertz CT molecular complexity index is 630. The fraction of sp³-hybridized carbons (Fsp3) is 0.250. The third-order valence-corrected chi connectivity index (χ3v) is 3.45. The summed E-state index contributed by atoms with van der Waals surface area (Å²) in [6, 6.07) is 11.0. The van der Waals surface area contributed by atoms with Crippen LogP contribution in [0.15, 0.2) is 42.6 Å². The summed E-state index contributed by atoms with van der Waals surface area (Å²) >= 11 is 6.13. The number of halogens is 1. The fourth-order valence-electron chi connectivity index (χ4n) is 2.02. The molecule has 0 aliphatic rings. The average Bonchev–Trinajstić information content (AvgIpc) is 2.49. The van der Waals surface area contributed by atoms with Crippen molar-refractivity contribution in [3.8, 4) is 0 Å². The highest BCUT2D eigenvalue weighted by molar-refractivity contribution is 6.31. The molecular weight excluding hydrogens is 286 g/mol. The lowest BCUT2D eigenvalue weighted by Crippen LogP contribution is -2.26. The van der Waals surface area contributed by atoms with Crippen LogP contribution in [0.4, 0.5) is 5.82 Å². The van der Waals surface area contributed by atoms with Gasteiger partial charge < -0.3 is 10.2 Å². The lowest BCUT2D eigenvalue weighted by atomic mass is 10.2. The van der Waals surface area contributed by atoms with E-state index in [0.717, 1.165) is 12.1 Å². The highest BCUT2D eigenvalue weighted by Gasteiger charge is 2.13. The van der Waals surface area contributed by atoms with Gasteiger partial charge in [-0.25, -0.2) is 4.98 Å². The Hall–Kier alpha value is -2.07. The Kier molecular flexibility index (Phi) is 5.17. The Morgan fingerprint density at radius 3 is 2.81 bits per heavy atom. The normalized spacial score (nSPS) is 10.2. The summed E-state index contributed by atoms with van der Waals surface area (Å²) in [6.45, 7) is 3.22. The number of carbonyl (C=O) groups excluding carboxylic acids is 1. The Morgan fingerprint density at radius 1 is 1.33 bits per heavy atom. The Balaban J connectivity index is 2.12. The minimum absolute atomic E-state index is 0.0588. The molecule has 1 aromatic heterocycles. The summed E-state index contributed by atoms with van der Waals surface area (Å²) in [6.07, 6.45) is 1.63. The van der Waals surface area contributed by atoms with E-state index in [4.69, 9.17) is 11.6 Å². The number of rotatable bonds is 5. The summed E-state index contributed by atoms with van der Waals surface area (Å²) in [4.78, 5) is 18.3. The van der Waals surface area contributed by atoms with Crippen LogP contribution in [-0.2, 0) is 6.54 Å². The zero-order valence-electron chi connectivity index (χ0n) is 12.1. The molecule has 0 fully saturated rings. The van der Waals surface area contributed by atoms with Crippen molar-refractivity contribution in [3.63, 3.8) is 0 Å². The van der Waals surface area contributed by atoms with E-state index in [1.54, 1.807) is 30.3 Å². The SMILES string of the molecule is CCNc1cc(C(=O)N(C)Cc2ccccc2Cl)ccn1. The molecule has 4 nitrogen and oxygen atoms in total. The largest absolute Gasteiger partial charge is 0.370 e. The van der Waals surface area contributed by atoms with Gasteiger partial charge in [0.15, 0.2) is 0 Å². The van der Waals surface area contributed by atoms with Crippen molar-refractivity contribution in [1.29, 1.82) is 0 Å². The first-order valence-electron chi connectivity index (χ1n) is 6.80. The van der Waals surface area contributed by atoms with Crippen LogP contribution in [0.2, 0.25) is 5.02 Å². The van der Waals surface area contributed by atoms with Gasteiger partial charge in [0.1, 0.15) is 5.82 Å². The number of benzene rings is 1. The molecule has 0 bridgehead atoms. The first kappa shape index (κ1) is 15.3. The van der Waals surface area contributed by atoms with Crippen molar-refractivity contribution in [2.24, 2.45) is 0 Å². The van der Waals surface area contributed by atoms with Gasteiger partial charge in [-0.05, 0) is 30.7 Å². The standard InChI is InChI=1S/C16H18ClN3O/c1-3-18-15-10-12(8-9-19-15)16(21)20(2)11-13-6-4-5-7-14(13)17/h4-10H,3,11H2,1-2H3,(H,18,19). The quantitative estimate of drug-likeness (QED) is 0.920. The van der Waals surface area contributed by atoms with Gasteiger partial charge in [0.05, 0.1) is 0 Å². The first-order chi connectivity index (χ1) is 10.1. The third kappa shape index (κ3) is 3.95. The number of aromatic nitrogens is 1. The van der Waals surface area contributed by atoms with E-state index in [9.17, 15) is 4.79 Å². The maximum absolute atomic E-state index is 12.4. The van der Waals surface area contributed by atoms with E-state index in [0.29, 0.717) is 22.9 Å². The molecule has 0 saturated carbocycles. The van der Waals surface area contributed by atoms with Gasteiger partial charge in [0, 0.05) is 36.9 Å². The second-order valence-corrected chi connectivity index (χ2v) is 5.12. The molecule has 0 saturated heterocycles. The fourth-order valence-corrected chi connectivity index (χ4v) is 2.21. The molecule has 0 radical (unpaired) electrons. The van der Waals surface area contributed by atoms with E-state index < -0.39 is 0 Å². The summed E-state index contributed by atoms with van der Waals surface area (Å²) in [5, 5.41) is 3.76. The van der Waals surface area contributed by atoms with Crippen molar-refractivity contribution in [2.45, 2.75) is 13.5 Å². The van der Waals surface area contributed by atoms with Crippen molar-refractivity contribution >= 4 is 23.3 Å². The number of nitrogens with one attached hydrogen (secondary N) is 1. The molecule has 0 aliphatic heterocycles. The molecule has 0 spiro atoms. The van der Waals surface area contributed by atoms with Crippen LogP contribution >= 0.6 is 11.6 Å². The lowest BCUT2D eigenvalue weighted by molar-refractivity contribution is 0.0785. The number of nitrogens with zero attached hydrogens (tertiary/aromatic N) is 2.